The summed E-state index contributed by atoms with van der Waals surface area (Å²) in [4.78, 5) is 23.8. The van der Waals surface area contributed by atoms with E-state index in [1.54, 1.807) is 14.0 Å². The Balaban J connectivity index is 1.84. The zero-order chi connectivity index (χ0) is 14.9. The molecule has 4 heteroatoms. The average Bonchev–Trinajstić information content (AvgIpc) is 3.10. The molecule has 0 aromatic heterocycles. The molecule has 5 atom stereocenters. The predicted molar refractivity (Wildman–Crippen MR) is 73.3 cm³/mol. The molecule has 1 spiro atoms. The molecule has 2 aliphatic carbocycles. The molecular formula is C16H24O4. The minimum absolute atomic E-state index is 0.000486. The van der Waals surface area contributed by atoms with Gasteiger partial charge in [0, 0.05) is 20.0 Å². The number of ether oxygens (including phenoxy) is 2. The molecule has 0 N–H and O–H groups in total. The van der Waals surface area contributed by atoms with Crippen LogP contribution in [-0.2, 0) is 19.1 Å². The topological polar surface area (TPSA) is 55.9 Å². The van der Waals surface area contributed by atoms with E-state index in [1.165, 1.54) is 0 Å². The van der Waals surface area contributed by atoms with Crippen LogP contribution in [0.25, 0.3) is 0 Å². The summed E-state index contributed by atoms with van der Waals surface area (Å²) in [6.07, 6.45) is 1.85. The summed E-state index contributed by atoms with van der Waals surface area (Å²) in [5.41, 5.74) is -1.16. The van der Waals surface area contributed by atoms with Crippen molar-refractivity contribution < 1.29 is 19.1 Å². The molecule has 1 heterocycles. The predicted octanol–water partition coefficient (Wildman–Crippen LogP) is 2.14. The van der Waals surface area contributed by atoms with E-state index in [9.17, 15) is 9.59 Å². The molecule has 3 aliphatic rings. The highest BCUT2D eigenvalue weighted by Crippen LogP contribution is 2.73. The van der Waals surface area contributed by atoms with Crippen LogP contribution >= 0.6 is 0 Å². The molecule has 0 unspecified atom stereocenters. The van der Waals surface area contributed by atoms with E-state index in [4.69, 9.17) is 9.47 Å². The summed E-state index contributed by atoms with van der Waals surface area (Å²) in [6.45, 7) is 7.72. The molecule has 0 aromatic rings. The Morgan fingerprint density at radius 1 is 1.40 bits per heavy atom. The number of fused-ring (bicyclic) bond motifs is 1. The van der Waals surface area contributed by atoms with Crippen molar-refractivity contribution in [2.24, 2.45) is 17.3 Å². The van der Waals surface area contributed by atoms with Crippen LogP contribution in [0, 0.1) is 17.3 Å². The van der Waals surface area contributed by atoms with Crippen LogP contribution in [0.1, 0.15) is 47.0 Å². The SMILES string of the molecule is CO[C@@H]1[C@H]2[C@H](CCC(C)=O)[C@@]2(C)CC(=O)[C@]12OC2(C)C. The standard InChI is InChI=1S/C16H24O4/c1-9(17)6-7-10-12-13(19-5)16(14(2,3)20-16)11(18)8-15(10,12)4/h10,12-13H,6-8H2,1-5H3/t10-,12+,13+,15+,16-/m0/s1. The summed E-state index contributed by atoms with van der Waals surface area (Å²) < 4.78 is 11.5. The monoisotopic (exact) mass is 280 g/mol. The quantitative estimate of drug-likeness (QED) is 0.740. The first-order valence-electron chi connectivity index (χ1n) is 7.46. The minimum atomic E-state index is -0.739. The van der Waals surface area contributed by atoms with Crippen LogP contribution in [0.3, 0.4) is 0 Å². The van der Waals surface area contributed by atoms with E-state index in [0.29, 0.717) is 24.7 Å². The molecule has 3 rings (SSSR count). The van der Waals surface area contributed by atoms with Gasteiger partial charge in [0.2, 0.25) is 0 Å². The first-order chi connectivity index (χ1) is 9.20. The number of methoxy groups -OCH3 is 1. The Morgan fingerprint density at radius 2 is 2.00 bits per heavy atom. The maximum Gasteiger partial charge on any atom is 0.181 e. The van der Waals surface area contributed by atoms with Gasteiger partial charge in [-0.2, -0.15) is 0 Å². The van der Waals surface area contributed by atoms with Gasteiger partial charge in [-0.1, -0.05) is 6.92 Å². The maximum atomic E-state index is 12.6. The van der Waals surface area contributed by atoms with Crippen molar-refractivity contribution in [1.29, 1.82) is 0 Å². The first-order valence-corrected chi connectivity index (χ1v) is 7.46. The largest absolute Gasteiger partial charge is 0.378 e. The minimum Gasteiger partial charge on any atom is -0.378 e. The Morgan fingerprint density at radius 3 is 2.45 bits per heavy atom. The van der Waals surface area contributed by atoms with Gasteiger partial charge in [-0.3, -0.25) is 4.79 Å². The molecule has 112 valence electrons. The molecule has 0 bridgehead atoms. The van der Waals surface area contributed by atoms with E-state index in [2.05, 4.69) is 6.92 Å². The number of rotatable bonds is 4. The highest BCUT2D eigenvalue weighted by atomic mass is 16.7. The van der Waals surface area contributed by atoms with Crippen LogP contribution in [0.5, 0.6) is 0 Å². The van der Waals surface area contributed by atoms with Gasteiger partial charge < -0.3 is 14.3 Å². The number of Topliss-reactive ketones (excluding diaryl/α,β-unsaturated/α-hetero) is 2. The van der Waals surface area contributed by atoms with Crippen molar-refractivity contribution >= 4 is 11.6 Å². The number of carbonyl (C=O) groups is 2. The molecule has 2 saturated carbocycles. The highest BCUT2D eigenvalue weighted by Gasteiger charge is 2.83. The molecule has 3 fully saturated rings. The van der Waals surface area contributed by atoms with E-state index >= 15 is 0 Å². The van der Waals surface area contributed by atoms with Gasteiger partial charge in [-0.15, -0.1) is 0 Å². The first kappa shape index (κ1) is 14.2. The molecule has 1 aliphatic heterocycles. The van der Waals surface area contributed by atoms with Gasteiger partial charge in [0.05, 0.1) is 6.10 Å². The van der Waals surface area contributed by atoms with Crippen molar-refractivity contribution in [3.05, 3.63) is 0 Å². The molecule has 20 heavy (non-hydrogen) atoms. The van der Waals surface area contributed by atoms with Crippen LogP contribution in [0.15, 0.2) is 0 Å². The normalized spacial score (nSPS) is 48.0. The van der Waals surface area contributed by atoms with Crippen LogP contribution in [-0.4, -0.2) is 36.0 Å². The zero-order valence-electron chi connectivity index (χ0n) is 13.0. The number of hydrogen-bond donors (Lipinski definition) is 0. The average molecular weight is 280 g/mol. The van der Waals surface area contributed by atoms with E-state index in [0.717, 1.165) is 6.42 Å². The lowest BCUT2D eigenvalue weighted by atomic mass is 9.74. The molecule has 4 nitrogen and oxygen atoms in total. The molecular weight excluding hydrogens is 256 g/mol. The van der Waals surface area contributed by atoms with Crippen molar-refractivity contribution in [1.82, 2.24) is 0 Å². The second kappa shape index (κ2) is 3.92. The zero-order valence-corrected chi connectivity index (χ0v) is 13.0. The van der Waals surface area contributed by atoms with Gasteiger partial charge >= 0.3 is 0 Å². The van der Waals surface area contributed by atoms with E-state index in [1.807, 2.05) is 13.8 Å². The lowest BCUT2D eigenvalue weighted by molar-refractivity contribution is -0.135. The van der Waals surface area contributed by atoms with Gasteiger partial charge in [0.15, 0.2) is 11.4 Å². The fraction of sp³-hybridized carbons (Fsp3) is 0.875. The van der Waals surface area contributed by atoms with Gasteiger partial charge in [0.25, 0.3) is 0 Å². The van der Waals surface area contributed by atoms with Gasteiger partial charge in [0.1, 0.15) is 11.4 Å². The van der Waals surface area contributed by atoms with Crippen molar-refractivity contribution in [2.45, 2.75) is 64.3 Å². The molecule has 0 amide bonds. The third-order valence-electron chi connectivity index (χ3n) is 5.95. The van der Waals surface area contributed by atoms with E-state index < -0.39 is 11.2 Å². The highest BCUT2D eigenvalue weighted by molar-refractivity contribution is 5.95. The molecule has 1 saturated heterocycles. The fourth-order valence-corrected chi connectivity index (χ4v) is 4.74. The summed E-state index contributed by atoms with van der Waals surface area (Å²) in [5, 5.41) is 0. The lowest BCUT2D eigenvalue weighted by Crippen LogP contribution is -2.50. The smallest absolute Gasteiger partial charge is 0.181 e. The number of ketones is 2. The number of carbonyl (C=O) groups excluding carboxylic acids is 2. The lowest BCUT2D eigenvalue weighted by Gasteiger charge is -2.31. The summed E-state index contributed by atoms with van der Waals surface area (Å²) in [6, 6.07) is 0. The van der Waals surface area contributed by atoms with Crippen LogP contribution in [0.4, 0.5) is 0 Å². The second-order valence-electron chi connectivity index (χ2n) is 7.48. The molecule has 0 aromatic carbocycles. The summed E-state index contributed by atoms with van der Waals surface area (Å²) in [5.74, 6) is 1.14. The number of hydrogen-bond acceptors (Lipinski definition) is 4. The van der Waals surface area contributed by atoms with Crippen molar-refractivity contribution in [3.63, 3.8) is 0 Å². The fourth-order valence-electron chi connectivity index (χ4n) is 4.74. The second-order valence-corrected chi connectivity index (χ2v) is 7.48. The third-order valence-corrected chi connectivity index (χ3v) is 5.95. The Kier molecular flexibility index (Phi) is 2.78. The van der Waals surface area contributed by atoms with Crippen LogP contribution < -0.4 is 0 Å². The Hall–Kier alpha value is -0.740. The van der Waals surface area contributed by atoms with Gasteiger partial charge in [-0.25, -0.2) is 0 Å². The third kappa shape index (κ3) is 1.55. The molecule has 0 radical (unpaired) electrons. The summed E-state index contributed by atoms with van der Waals surface area (Å²) >= 11 is 0. The van der Waals surface area contributed by atoms with Crippen molar-refractivity contribution in [3.8, 4) is 0 Å². The Bertz CT molecular complexity index is 483. The van der Waals surface area contributed by atoms with Crippen LogP contribution in [0.2, 0.25) is 0 Å². The summed E-state index contributed by atoms with van der Waals surface area (Å²) in [7, 11) is 1.67. The maximum absolute atomic E-state index is 12.6. The van der Waals surface area contributed by atoms with E-state index in [-0.39, 0.29) is 23.1 Å². The Labute approximate surface area is 120 Å². The number of epoxide rings is 1. The van der Waals surface area contributed by atoms with Crippen molar-refractivity contribution in [2.75, 3.05) is 7.11 Å². The van der Waals surface area contributed by atoms with Gasteiger partial charge in [-0.05, 0) is 44.4 Å².